The highest BCUT2D eigenvalue weighted by atomic mass is 79.9. The van der Waals surface area contributed by atoms with Gasteiger partial charge in [0.25, 0.3) is 0 Å². The number of hydrogen-bond acceptors (Lipinski definition) is 2. The molecule has 0 saturated carbocycles. The second-order valence-corrected chi connectivity index (χ2v) is 5.28. The normalized spacial score (nSPS) is 10.4. The third-order valence-electron chi connectivity index (χ3n) is 2.73. The van der Waals surface area contributed by atoms with Crippen molar-refractivity contribution in [2.24, 2.45) is 0 Å². The molecular weight excluding hydrogens is 314 g/mol. The maximum Gasteiger partial charge on any atom is 0.223 e. The standard InChI is InChI=1S/C14H13BrClNO/c1-9-3-4-13(5-10(9)2)18-14-11(7-16)6-12(15)8-17-14/h3-6,8H,7H2,1-2H3. The number of benzene rings is 1. The van der Waals surface area contributed by atoms with Gasteiger partial charge in [-0.1, -0.05) is 6.07 Å². The van der Waals surface area contributed by atoms with Crippen LogP contribution in [0.4, 0.5) is 0 Å². The summed E-state index contributed by atoms with van der Waals surface area (Å²) in [5, 5.41) is 0. The molecule has 0 aliphatic heterocycles. The van der Waals surface area contributed by atoms with E-state index >= 15 is 0 Å². The molecule has 94 valence electrons. The Kier molecular flexibility index (Phi) is 4.25. The van der Waals surface area contributed by atoms with E-state index in [-0.39, 0.29) is 0 Å². The van der Waals surface area contributed by atoms with Gasteiger partial charge in [0, 0.05) is 16.2 Å². The predicted molar refractivity (Wildman–Crippen MR) is 77.5 cm³/mol. The fraction of sp³-hybridized carbons (Fsp3) is 0.214. The fourth-order valence-corrected chi connectivity index (χ4v) is 2.12. The molecule has 0 N–H and O–H groups in total. The maximum atomic E-state index is 5.89. The Morgan fingerprint density at radius 1 is 1.22 bits per heavy atom. The zero-order chi connectivity index (χ0) is 13.1. The number of halogens is 2. The zero-order valence-corrected chi connectivity index (χ0v) is 12.5. The first-order valence-electron chi connectivity index (χ1n) is 5.55. The summed E-state index contributed by atoms with van der Waals surface area (Å²) in [6.07, 6.45) is 1.70. The van der Waals surface area contributed by atoms with Crippen molar-refractivity contribution < 1.29 is 4.74 Å². The quantitative estimate of drug-likeness (QED) is 0.741. The molecule has 0 bridgehead atoms. The van der Waals surface area contributed by atoms with Crippen LogP contribution in [-0.2, 0) is 5.88 Å². The average Bonchev–Trinajstić information content (AvgIpc) is 2.36. The molecule has 1 heterocycles. The monoisotopic (exact) mass is 325 g/mol. The summed E-state index contributed by atoms with van der Waals surface area (Å²) >= 11 is 9.25. The van der Waals surface area contributed by atoms with Crippen molar-refractivity contribution in [2.75, 3.05) is 0 Å². The van der Waals surface area contributed by atoms with Crippen molar-refractivity contribution in [3.8, 4) is 11.6 Å². The molecule has 18 heavy (non-hydrogen) atoms. The Morgan fingerprint density at radius 2 is 2.00 bits per heavy atom. The second-order valence-electron chi connectivity index (χ2n) is 4.10. The molecule has 0 spiro atoms. The minimum absolute atomic E-state index is 0.368. The first-order chi connectivity index (χ1) is 8.60. The molecule has 0 saturated heterocycles. The molecule has 0 aliphatic rings. The van der Waals surface area contributed by atoms with Gasteiger partial charge < -0.3 is 4.74 Å². The zero-order valence-electron chi connectivity index (χ0n) is 10.2. The third-order valence-corrected chi connectivity index (χ3v) is 3.45. The molecule has 0 unspecified atom stereocenters. The van der Waals surface area contributed by atoms with Gasteiger partial charge in [0.15, 0.2) is 0 Å². The van der Waals surface area contributed by atoms with Gasteiger partial charge in [-0.2, -0.15) is 0 Å². The molecule has 0 amide bonds. The van der Waals surface area contributed by atoms with Crippen LogP contribution in [0.1, 0.15) is 16.7 Å². The summed E-state index contributed by atoms with van der Waals surface area (Å²) in [6.45, 7) is 4.13. The summed E-state index contributed by atoms with van der Waals surface area (Å²) in [5.74, 6) is 1.70. The summed E-state index contributed by atoms with van der Waals surface area (Å²) < 4.78 is 6.67. The summed E-state index contributed by atoms with van der Waals surface area (Å²) in [7, 11) is 0. The van der Waals surface area contributed by atoms with Crippen LogP contribution in [0.3, 0.4) is 0 Å². The molecule has 0 aliphatic carbocycles. The minimum Gasteiger partial charge on any atom is -0.439 e. The number of rotatable bonds is 3. The van der Waals surface area contributed by atoms with Crippen molar-refractivity contribution in [1.29, 1.82) is 0 Å². The van der Waals surface area contributed by atoms with E-state index in [1.54, 1.807) is 6.20 Å². The number of pyridine rings is 1. The summed E-state index contributed by atoms with van der Waals surface area (Å²) in [5.41, 5.74) is 3.30. The van der Waals surface area contributed by atoms with Gasteiger partial charge in [-0.15, -0.1) is 11.6 Å². The van der Waals surface area contributed by atoms with Gasteiger partial charge in [-0.05, 0) is 59.1 Å². The Labute approximate surface area is 120 Å². The smallest absolute Gasteiger partial charge is 0.223 e. The van der Waals surface area contributed by atoms with Gasteiger partial charge in [0.2, 0.25) is 5.88 Å². The first-order valence-corrected chi connectivity index (χ1v) is 6.88. The van der Waals surface area contributed by atoms with E-state index in [0.717, 1.165) is 15.8 Å². The fourth-order valence-electron chi connectivity index (χ4n) is 1.55. The van der Waals surface area contributed by atoms with Gasteiger partial charge in [-0.3, -0.25) is 0 Å². The van der Waals surface area contributed by atoms with Crippen LogP contribution in [0, 0.1) is 13.8 Å². The van der Waals surface area contributed by atoms with Crippen molar-refractivity contribution in [3.05, 3.63) is 51.6 Å². The van der Waals surface area contributed by atoms with E-state index in [1.165, 1.54) is 11.1 Å². The Hall–Kier alpha value is -1.06. The van der Waals surface area contributed by atoms with Crippen molar-refractivity contribution in [3.63, 3.8) is 0 Å². The first kappa shape index (κ1) is 13.4. The Bertz CT molecular complexity index is 572. The molecule has 1 aromatic carbocycles. The molecular formula is C14H13BrClNO. The lowest BCUT2D eigenvalue weighted by Gasteiger charge is -2.10. The molecule has 0 fully saturated rings. The van der Waals surface area contributed by atoms with E-state index in [2.05, 4.69) is 34.8 Å². The van der Waals surface area contributed by atoms with Gasteiger partial charge >= 0.3 is 0 Å². The van der Waals surface area contributed by atoms with Gasteiger partial charge in [0.1, 0.15) is 5.75 Å². The van der Waals surface area contributed by atoms with Crippen LogP contribution in [0.25, 0.3) is 0 Å². The average molecular weight is 327 g/mol. The Balaban J connectivity index is 2.30. The van der Waals surface area contributed by atoms with E-state index in [1.807, 2.05) is 24.3 Å². The van der Waals surface area contributed by atoms with Crippen LogP contribution in [0.15, 0.2) is 34.9 Å². The van der Waals surface area contributed by atoms with E-state index in [9.17, 15) is 0 Å². The molecule has 1 aromatic heterocycles. The van der Waals surface area contributed by atoms with Gasteiger partial charge in [0.05, 0.1) is 5.88 Å². The minimum atomic E-state index is 0.368. The summed E-state index contributed by atoms with van der Waals surface area (Å²) in [6, 6.07) is 7.88. The highest BCUT2D eigenvalue weighted by molar-refractivity contribution is 9.10. The highest BCUT2D eigenvalue weighted by Crippen LogP contribution is 2.27. The molecule has 2 nitrogen and oxygen atoms in total. The highest BCUT2D eigenvalue weighted by Gasteiger charge is 2.07. The predicted octanol–water partition coefficient (Wildman–Crippen LogP) is 4.99. The van der Waals surface area contributed by atoms with Crippen LogP contribution in [0.5, 0.6) is 11.6 Å². The van der Waals surface area contributed by atoms with Crippen molar-refractivity contribution in [1.82, 2.24) is 4.98 Å². The SMILES string of the molecule is Cc1ccc(Oc2ncc(Br)cc2CCl)cc1C. The van der Waals surface area contributed by atoms with Crippen molar-refractivity contribution in [2.45, 2.75) is 19.7 Å². The summed E-state index contributed by atoms with van der Waals surface area (Å²) in [4.78, 5) is 4.24. The lowest BCUT2D eigenvalue weighted by molar-refractivity contribution is 0.457. The molecule has 2 aromatic rings. The van der Waals surface area contributed by atoms with E-state index in [0.29, 0.717) is 11.8 Å². The number of aryl methyl sites for hydroxylation is 2. The van der Waals surface area contributed by atoms with Gasteiger partial charge in [-0.25, -0.2) is 4.98 Å². The van der Waals surface area contributed by atoms with Crippen LogP contribution >= 0.6 is 27.5 Å². The number of hydrogen-bond donors (Lipinski definition) is 0. The number of ether oxygens (including phenoxy) is 1. The van der Waals surface area contributed by atoms with Crippen LogP contribution < -0.4 is 4.74 Å². The second kappa shape index (κ2) is 5.72. The third kappa shape index (κ3) is 3.03. The molecule has 2 rings (SSSR count). The van der Waals surface area contributed by atoms with Crippen LogP contribution in [-0.4, -0.2) is 4.98 Å². The van der Waals surface area contributed by atoms with Crippen molar-refractivity contribution >= 4 is 27.5 Å². The number of aromatic nitrogens is 1. The topological polar surface area (TPSA) is 22.1 Å². The van der Waals surface area contributed by atoms with Crippen LogP contribution in [0.2, 0.25) is 0 Å². The van der Waals surface area contributed by atoms with E-state index < -0.39 is 0 Å². The molecule has 0 radical (unpaired) electrons. The lowest BCUT2D eigenvalue weighted by atomic mass is 10.1. The number of nitrogens with zero attached hydrogens (tertiary/aromatic N) is 1. The number of alkyl halides is 1. The lowest BCUT2D eigenvalue weighted by Crippen LogP contribution is -1.94. The molecule has 4 heteroatoms. The largest absolute Gasteiger partial charge is 0.439 e. The van der Waals surface area contributed by atoms with E-state index in [4.69, 9.17) is 16.3 Å². The Morgan fingerprint density at radius 3 is 2.67 bits per heavy atom. The molecule has 0 atom stereocenters. The maximum absolute atomic E-state index is 5.89.